The maximum Gasteiger partial charge on any atom is 0.253 e. The summed E-state index contributed by atoms with van der Waals surface area (Å²) < 4.78 is 0. The fourth-order valence-corrected chi connectivity index (χ4v) is 2.08. The lowest BCUT2D eigenvalue weighted by Gasteiger charge is -2.10. The molecule has 110 valence electrons. The van der Waals surface area contributed by atoms with Gasteiger partial charge < -0.3 is 11.1 Å². The molecule has 1 amide bonds. The predicted octanol–water partition coefficient (Wildman–Crippen LogP) is 2.52. The van der Waals surface area contributed by atoms with Crippen molar-refractivity contribution in [2.75, 3.05) is 6.54 Å². The Morgan fingerprint density at radius 2 is 1.95 bits per heavy atom. The Kier molecular flexibility index (Phi) is 5.06. The van der Waals surface area contributed by atoms with E-state index in [0.717, 1.165) is 23.4 Å². The van der Waals surface area contributed by atoms with Gasteiger partial charge in [-0.15, -0.1) is 0 Å². The zero-order chi connectivity index (χ0) is 15.2. The van der Waals surface area contributed by atoms with Crippen molar-refractivity contribution < 1.29 is 4.79 Å². The molecule has 0 aliphatic carbocycles. The first-order valence-corrected chi connectivity index (χ1v) is 7.15. The molecule has 2 aromatic rings. The Labute approximate surface area is 125 Å². The third-order valence-electron chi connectivity index (χ3n) is 3.29. The SMILES string of the molecule is Cc1nc(-c2ccccc2)ccc1C(=O)NCCC(C)N. The van der Waals surface area contributed by atoms with E-state index in [1.54, 1.807) is 0 Å². The van der Waals surface area contributed by atoms with Crippen LogP contribution in [0.2, 0.25) is 0 Å². The number of pyridine rings is 1. The molecule has 1 aromatic carbocycles. The number of nitrogens with zero attached hydrogens (tertiary/aromatic N) is 1. The lowest BCUT2D eigenvalue weighted by Crippen LogP contribution is -2.29. The van der Waals surface area contributed by atoms with Crippen LogP contribution >= 0.6 is 0 Å². The second-order valence-electron chi connectivity index (χ2n) is 5.22. The first-order chi connectivity index (χ1) is 10.1. The Balaban J connectivity index is 2.11. The van der Waals surface area contributed by atoms with Crippen LogP contribution < -0.4 is 11.1 Å². The third kappa shape index (κ3) is 4.13. The molecular formula is C17H21N3O. The first-order valence-electron chi connectivity index (χ1n) is 7.15. The van der Waals surface area contributed by atoms with Crippen LogP contribution in [-0.2, 0) is 0 Å². The van der Waals surface area contributed by atoms with E-state index in [1.807, 2.05) is 56.3 Å². The number of aryl methyl sites for hydroxylation is 1. The molecule has 1 unspecified atom stereocenters. The van der Waals surface area contributed by atoms with E-state index in [2.05, 4.69) is 10.3 Å². The zero-order valence-electron chi connectivity index (χ0n) is 12.5. The van der Waals surface area contributed by atoms with Gasteiger partial charge in [-0.1, -0.05) is 30.3 Å². The van der Waals surface area contributed by atoms with Crippen LogP contribution in [0.4, 0.5) is 0 Å². The van der Waals surface area contributed by atoms with Crippen molar-refractivity contribution in [2.24, 2.45) is 5.73 Å². The molecule has 1 aromatic heterocycles. The molecule has 0 saturated heterocycles. The summed E-state index contributed by atoms with van der Waals surface area (Å²) in [5.41, 5.74) is 8.93. The van der Waals surface area contributed by atoms with Crippen molar-refractivity contribution in [3.63, 3.8) is 0 Å². The summed E-state index contributed by atoms with van der Waals surface area (Å²) in [6, 6.07) is 13.7. The van der Waals surface area contributed by atoms with Crippen molar-refractivity contribution in [1.29, 1.82) is 0 Å². The van der Waals surface area contributed by atoms with Gasteiger partial charge in [0.15, 0.2) is 0 Å². The van der Waals surface area contributed by atoms with Crippen molar-refractivity contribution in [3.05, 3.63) is 53.7 Å². The van der Waals surface area contributed by atoms with Crippen molar-refractivity contribution >= 4 is 5.91 Å². The second-order valence-corrected chi connectivity index (χ2v) is 5.22. The maximum absolute atomic E-state index is 12.1. The molecule has 2 rings (SSSR count). The summed E-state index contributed by atoms with van der Waals surface area (Å²) in [7, 11) is 0. The number of benzene rings is 1. The van der Waals surface area contributed by atoms with Gasteiger partial charge in [-0.25, -0.2) is 0 Å². The number of nitrogens with one attached hydrogen (secondary N) is 1. The monoisotopic (exact) mass is 283 g/mol. The summed E-state index contributed by atoms with van der Waals surface area (Å²) in [5.74, 6) is -0.0970. The van der Waals surface area contributed by atoms with E-state index < -0.39 is 0 Å². The van der Waals surface area contributed by atoms with Crippen LogP contribution in [0.3, 0.4) is 0 Å². The summed E-state index contributed by atoms with van der Waals surface area (Å²) in [6.07, 6.45) is 0.764. The largest absolute Gasteiger partial charge is 0.352 e. The van der Waals surface area contributed by atoms with E-state index in [0.29, 0.717) is 12.1 Å². The van der Waals surface area contributed by atoms with Crippen LogP contribution in [0.15, 0.2) is 42.5 Å². The van der Waals surface area contributed by atoms with Gasteiger partial charge in [0.25, 0.3) is 5.91 Å². The highest BCUT2D eigenvalue weighted by molar-refractivity contribution is 5.95. The number of nitrogens with two attached hydrogens (primary N) is 1. The van der Waals surface area contributed by atoms with Crippen molar-refractivity contribution in [2.45, 2.75) is 26.3 Å². The number of hydrogen-bond acceptors (Lipinski definition) is 3. The number of carbonyl (C=O) groups excluding carboxylic acids is 1. The van der Waals surface area contributed by atoms with Crippen molar-refractivity contribution in [1.82, 2.24) is 10.3 Å². The third-order valence-corrected chi connectivity index (χ3v) is 3.29. The zero-order valence-corrected chi connectivity index (χ0v) is 12.5. The number of carbonyl (C=O) groups is 1. The number of rotatable bonds is 5. The molecule has 3 N–H and O–H groups in total. The highest BCUT2D eigenvalue weighted by atomic mass is 16.1. The maximum atomic E-state index is 12.1. The molecule has 0 fully saturated rings. The molecule has 4 nitrogen and oxygen atoms in total. The van der Waals surface area contributed by atoms with E-state index in [4.69, 9.17) is 5.73 Å². The molecule has 0 saturated carbocycles. The summed E-state index contributed by atoms with van der Waals surface area (Å²) in [4.78, 5) is 16.6. The van der Waals surface area contributed by atoms with Crippen molar-refractivity contribution in [3.8, 4) is 11.3 Å². The summed E-state index contributed by atoms with van der Waals surface area (Å²) in [5, 5.41) is 2.87. The van der Waals surface area contributed by atoms with E-state index >= 15 is 0 Å². The molecule has 1 atom stereocenters. The first kappa shape index (κ1) is 15.2. The highest BCUT2D eigenvalue weighted by Crippen LogP contribution is 2.18. The summed E-state index contributed by atoms with van der Waals surface area (Å²) >= 11 is 0. The van der Waals surface area contributed by atoms with Gasteiger partial charge >= 0.3 is 0 Å². The number of aromatic nitrogens is 1. The van der Waals surface area contributed by atoms with Crippen LogP contribution in [-0.4, -0.2) is 23.5 Å². The minimum atomic E-state index is -0.0970. The molecular weight excluding hydrogens is 262 g/mol. The van der Waals surface area contributed by atoms with Crippen LogP contribution in [0.5, 0.6) is 0 Å². The molecule has 21 heavy (non-hydrogen) atoms. The minimum Gasteiger partial charge on any atom is -0.352 e. The molecule has 4 heteroatoms. The predicted molar refractivity (Wildman–Crippen MR) is 85.0 cm³/mol. The van der Waals surface area contributed by atoms with E-state index in [1.165, 1.54) is 0 Å². The van der Waals surface area contributed by atoms with Gasteiger partial charge in [0, 0.05) is 18.2 Å². The minimum absolute atomic E-state index is 0.0879. The van der Waals surface area contributed by atoms with Gasteiger partial charge in [0.2, 0.25) is 0 Å². The Bertz CT molecular complexity index is 609. The van der Waals surface area contributed by atoms with E-state index in [9.17, 15) is 4.79 Å². The molecule has 0 spiro atoms. The molecule has 0 aliphatic heterocycles. The van der Waals surface area contributed by atoms with Gasteiger partial charge in [-0.3, -0.25) is 9.78 Å². The fourth-order valence-electron chi connectivity index (χ4n) is 2.08. The topological polar surface area (TPSA) is 68.0 Å². The Morgan fingerprint density at radius 1 is 1.24 bits per heavy atom. The lowest BCUT2D eigenvalue weighted by atomic mass is 10.1. The normalized spacial score (nSPS) is 12.0. The van der Waals surface area contributed by atoms with E-state index in [-0.39, 0.29) is 11.9 Å². The smallest absolute Gasteiger partial charge is 0.253 e. The molecule has 0 aliphatic rings. The Hall–Kier alpha value is -2.20. The lowest BCUT2D eigenvalue weighted by molar-refractivity contribution is 0.0952. The van der Waals surface area contributed by atoms with Gasteiger partial charge in [-0.2, -0.15) is 0 Å². The van der Waals surface area contributed by atoms with Crippen LogP contribution in [0, 0.1) is 6.92 Å². The van der Waals surface area contributed by atoms with Crippen LogP contribution in [0.1, 0.15) is 29.4 Å². The molecule has 0 radical (unpaired) electrons. The van der Waals surface area contributed by atoms with Gasteiger partial charge in [0.05, 0.1) is 17.0 Å². The quantitative estimate of drug-likeness (QED) is 0.886. The Morgan fingerprint density at radius 3 is 2.57 bits per heavy atom. The average Bonchev–Trinajstić information content (AvgIpc) is 2.47. The van der Waals surface area contributed by atoms with Gasteiger partial charge in [0.1, 0.15) is 0 Å². The highest BCUT2D eigenvalue weighted by Gasteiger charge is 2.11. The summed E-state index contributed by atoms with van der Waals surface area (Å²) in [6.45, 7) is 4.36. The number of hydrogen-bond donors (Lipinski definition) is 2. The average molecular weight is 283 g/mol. The standard InChI is InChI=1S/C17H21N3O/c1-12(18)10-11-19-17(21)15-8-9-16(20-13(15)2)14-6-4-3-5-7-14/h3-9,12H,10-11,18H2,1-2H3,(H,19,21). The second kappa shape index (κ2) is 6.99. The fraction of sp³-hybridized carbons (Fsp3) is 0.294. The molecule has 0 bridgehead atoms. The van der Waals surface area contributed by atoms with Crippen LogP contribution in [0.25, 0.3) is 11.3 Å². The van der Waals surface area contributed by atoms with Gasteiger partial charge in [-0.05, 0) is 32.4 Å². The molecule has 1 heterocycles. The number of amides is 1.